The van der Waals surface area contributed by atoms with E-state index in [1.807, 2.05) is 24.3 Å². The van der Waals surface area contributed by atoms with Crippen molar-refractivity contribution >= 4 is 17.7 Å². The highest BCUT2D eigenvalue weighted by Gasteiger charge is 2.40. The molecular formula is C18H22N4OS. The fourth-order valence-electron chi connectivity index (χ4n) is 3.88. The molecule has 6 heteroatoms. The number of aromatic nitrogens is 2. The van der Waals surface area contributed by atoms with Gasteiger partial charge >= 0.3 is 0 Å². The number of carbonyl (C=O) groups is 1. The lowest BCUT2D eigenvalue weighted by Crippen LogP contribution is -2.62. The van der Waals surface area contributed by atoms with Crippen LogP contribution in [0.5, 0.6) is 0 Å². The molecule has 0 unspecified atom stereocenters. The number of nitrogens with one attached hydrogen (secondary N) is 2. The number of benzene rings is 1. The third kappa shape index (κ3) is 3.08. The topological polar surface area (TPSA) is 61.0 Å². The number of amides is 1. The zero-order chi connectivity index (χ0) is 16.5. The van der Waals surface area contributed by atoms with E-state index in [1.54, 1.807) is 24.3 Å². The van der Waals surface area contributed by atoms with Gasteiger partial charge in [0.1, 0.15) is 0 Å². The third-order valence-corrected chi connectivity index (χ3v) is 6.24. The van der Waals surface area contributed by atoms with Crippen LogP contribution in [0.4, 0.5) is 0 Å². The van der Waals surface area contributed by atoms with E-state index in [0.717, 1.165) is 15.5 Å². The summed E-state index contributed by atoms with van der Waals surface area (Å²) in [5.74, 6) is 0.669. The Morgan fingerprint density at radius 2 is 2.04 bits per heavy atom. The predicted octanol–water partition coefficient (Wildman–Crippen LogP) is 2.77. The number of H-pyrrole nitrogens is 1. The molecule has 5 nitrogen and oxygen atoms in total. The number of aromatic amines is 1. The van der Waals surface area contributed by atoms with Gasteiger partial charge in [-0.05, 0) is 63.0 Å². The van der Waals surface area contributed by atoms with E-state index in [-0.39, 0.29) is 11.9 Å². The standard InChI is InChI=1S/C18H22N4OS/c1-12-17(13-6-8-22(12)9-7-13)21-18(23)14-2-4-15(5-3-14)24-16-10-19-11-20-16/h2-5,10-13,17H,6-9H2,1H3,(H,19,20)(H,21,23)/t12-,17-/m0/s1. The smallest absolute Gasteiger partial charge is 0.251 e. The monoisotopic (exact) mass is 342 g/mol. The molecule has 3 aliphatic heterocycles. The van der Waals surface area contributed by atoms with Crippen molar-refractivity contribution in [3.8, 4) is 0 Å². The minimum absolute atomic E-state index is 0.0405. The lowest BCUT2D eigenvalue weighted by Gasteiger charge is -2.49. The molecule has 0 aliphatic carbocycles. The van der Waals surface area contributed by atoms with Crippen molar-refractivity contribution in [2.75, 3.05) is 13.1 Å². The van der Waals surface area contributed by atoms with Crippen molar-refractivity contribution in [2.24, 2.45) is 5.92 Å². The molecule has 24 heavy (non-hydrogen) atoms. The van der Waals surface area contributed by atoms with E-state index in [4.69, 9.17) is 0 Å². The molecule has 3 aliphatic rings. The summed E-state index contributed by atoms with van der Waals surface area (Å²) >= 11 is 1.60. The first-order valence-electron chi connectivity index (χ1n) is 8.52. The molecule has 2 N–H and O–H groups in total. The van der Waals surface area contributed by atoms with E-state index in [9.17, 15) is 4.79 Å². The Morgan fingerprint density at radius 3 is 2.67 bits per heavy atom. The third-order valence-electron chi connectivity index (χ3n) is 5.29. The number of carbonyl (C=O) groups excluding carboxylic acids is 1. The van der Waals surface area contributed by atoms with E-state index in [2.05, 4.69) is 27.1 Å². The molecule has 5 rings (SSSR count). The van der Waals surface area contributed by atoms with Gasteiger partial charge in [-0.3, -0.25) is 9.69 Å². The fraction of sp³-hybridized carbons (Fsp3) is 0.444. The maximum Gasteiger partial charge on any atom is 0.251 e. The van der Waals surface area contributed by atoms with Crippen LogP contribution >= 0.6 is 11.8 Å². The molecule has 3 fully saturated rings. The summed E-state index contributed by atoms with van der Waals surface area (Å²) in [5.41, 5.74) is 0.729. The number of fused-ring (bicyclic) bond motifs is 3. The van der Waals surface area contributed by atoms with Crippen LogP contribution in [0.25, 0.3) is 0 Å². The maximum absolute atomic E-state index is 12.6. The Bertz CT molecular complexity index is 690. The van der Waals surface area contributed by atoms with Crippen LogP contribution in [-0.2, 0) is 0 Å². The Kier molecular flexibility index (Phi) is 4.33. The molecule has 2 bridgehead atoms. The summed E-state index contributed by atoms with van der Waals surface area (Å²) in [7, 11) is 0. The summed E-state index contributed by atoms with van der Waals surface area (Å²) in [6.45, 7) is 4.59. The van der Waals surface area contributed by atoms with Crippen LogP contribution < -0.4 is 5.32 Å². The Balaban J connectivity index is 1.41. The molecule has 1 aromatic heterocycles. The molecular weight excluding hydrogens is 320 g/mol. The second kappa shape index (κ2) is 6.61. The van der Waals surface area contributed by atoms with Crippen LogP contribution in [0.1, 0.15) is 30.1 Å². The van der Waals surface area contributed by atoms with E-state index in [0.29, 0.717) is 12.0 Å². The highest BCUT2D eigenvalue weighted by Crippen LogP contribution is 2.32. The average Bonchev–Trinajstić information content (AvgIpc) is 3.12. The van der Waals surface area contributed by atoms with Gasteiger partial charge in [0.2, 0.25) is 0 Å². The number of nitrogens with zero attached hydrogens (tertiary/aromatic N) is 2. The van der Waals surface area contributed by atoms with Gasteiger partial charge in [-0.1, -0.05) is 11.8 Å². The highest BCUT2D eigenvalue weighted by atomic mass is 32.2. The number of hydrogen-bond donors (Lipinski definition) is 2. The van der Waals surface area contributed by atoms with Crippen LogP contribution in [0, 0.1) is 5.92 Å². The minimum Gasteiger partial charge on any atom is -0.347 e. The van der Waals surface area contributed by atoms with Gasteiger partial charge in [-0.15, -0.1) is 0 Å². The van der Waals surface area contributed by atoms with Crippen molar-refractivity contribution in [3.05, 3.63) is 42.4 Å². The molecule has 0 saturated carbocycles. The number of imidazole rings is 1. The molecule has 2 aromatic rings. The van der Waals surface area contributed by atoms with Gasteiger partial charge in [0.15, 0.2) is 0 Å². The quantitative estimate of drug-likeness (QED) is 0.897. The molecule has 1 aromatic carbocycles. The van der Waals surface area contributed by atoms with Crippen molar-refractivity contribution < 1.29 is 4.79 Å². The second-order valence-electron chi connectivity index (χ2n) is 6.66. The maximum atomic E-state index is 12.6. The summed E-state index contributed by atoms with van der Waals surface area (Å²) < 4.78 is 0. The van der Waals surface area contributed by atoms with Crippen LogP contribution in [0.3, 0.4) is 0 Å². The van der Waals surface area contributed by atoms with Gasteiger partial charge in [-0.2, -0.15) is 0 Å². The van der Waals surface area contributed by atoms with Crippen molar-refractivity contribution in [1.29, 1.82) is 0 Å². The van der Waals surface area contributed by atoms with Gasteiger partial charge in [0.25, 0.3) is 5.91 Å². The lowest BCUT2D eigenvalue weighted by molar-refractivity contribution is 0.0217. The largest absolute Gasteiger partial charge is 0.347 e. The first kappa shape index (κ1) is 15.7. The van der Waals surface area contributed by atoms with E-state index in [1.165, 1.54) is 25.9 Å². The summed E-state index contributed by atoms with van der Waals surface area (Å²) in [6.07, 6.45) is 5.86. The first-order chi connectivity index (χ1) is 11.7. The Hall–Kier alpha value is -1.79. The zero-order valence-electron chi connectivity index (χ0n) is 13.7. The van der Waals surface area contributed by atoms with Gasteiger partial charge in [-0.25, -0.2) is 4.98 Å². The second-order valence-corrected chi connectivity index (χ2v) is 7.77. The lowest BCUT2D eigenvalue weighted by atomic mass is 9.79. The number of piperidine rings is 3. The first-order valence-corrected chi connectivity index (χ1v) is 9.33. The van der Waals surface area contributed by atoms with Crippen LogP contribution in [0.15, 0.2) is 46.7 Å². The molecule has 126 valence electrons. The van der Waals surface area contributed by atoms with Crippen LogP contribution in [0.2, 0.25) is 0 Å². The summed E-state index contributed by atoms with van der Waals surface area (Å²) in [6, 6.07) is 8.50. The normalized spacial score (nSPS) is 28.7. The number of hydrogen-bond acceptors (Lipinski definition) is 4. The van der Waals surface area contributed by atoms with Crippen molar-refractivity contribution in [3.63, 3.8) is 0 Å². The number of rotatable bonds is 4. The van der Waals surface area contributed by atoms with Gasteiger partial charge in [0, 0.05) is 22.5 Å². The molecule has 0 spiro atoms. The van der Waals surface area contributed by atoms with Gasteiger partial charge < -0.3 is 10.3 Å². The predicted molar refractivity (Wildman–Crippen MR) is 94.2 cm³/mol. The molecule has 2 atom stereocenters. The fourth-order valence-corrected chi connectivity index (χ4v) is 4.63. The minimum atomic E-state index is 0.0405. The van der Waals surface area contributed by atoms with E-state index < -0.39 is 0 Å². The zero-order valence-corrected chi connectivity index (χ0v) is 14.6. The summed E-state index contributed by atoms with van der Waals surface area (Å²) in [4.78, 5) is 23.3. The average molecular weight is 342 g/mol. The van der Waals surface area contributed by atoms with Crippen molar-refractivity contribution in [1.82, 2.24) is 20.2 Å². The van der Waals surface area contributed by atoms with Crippen molar-refractivity contribution in [2.45, 2.75) is 41.8 Å². The summed E-state index contributed by atoms with van der Waals surface area (Å²) in [5, 5.41) is 4.27. The Labute approximate surface area is 146 Å². The Morgan fingerprint density at radius 1 is 1.29 bits per heavy atom. The molecule has 4 heterocycles. The molecule has 3 saturated heterocycles. The van der Waals surface area contributed by atoms with Crippen LogP contribution in [-0.4, -0.2) is 45.9 Å². The molecule has 1 amide bonds. The molecule has 0 radical (unpaired) electrons. The van der Waals surface area contributed by atoms with E-state index >= 15 is 0 Å². The SMILES string of the molecule is C[C@H]1[C@H](NC(=O)c2ccc(Sc3cnc[nH]3)cc2)C2CCN1CC2. The van der Waals surface area contributed by atoms with Gasteiger partial charge in [0.05, 0.1) is 17.6 Å². The highest BCUT2D eigenvalue weighted by molar-refractivity contribution is 7.99.